The number of ether oxygens (including phenoxy) is 5. The standard InChI is InChI=1S/C18H27NO7S/c1-18(2,3)26-17(21)4-6-22-7-5-19-16(20)10-23-8-13-9-24-14-11-27-12-15(14)25-13/h11-13H,4-10H2,1-3H3,(H,19,20). The lowest BCUT2D eigenvalue weighted by Crippen LogP contribution is -2.36. The molecule has 152 valence electrons. The number of hydrogen-bond acceptors (Lipinski definition) is 8. The van der Waals surface area contributed by atoms with Crippen molar-refractivity contribution in [3.63, 3.8) is 0 Å². The molecule has 27 heavy (non-hydrogen) atoms. The molecule has 0 saturated heterocycles. The molecule has 0 aromatic carbocycles. The SMILES string of the molecule is CC(C)(C)OC(=O)CCOCCNC(=O)COCC1COc2cscc2O1. The number of rotatable bonds is 10. The van der Waals surface area contributed by atoms with Crippen LogP contribution >= 0.6 is 11.3 Å². The van der Waals surface area contributed by atoms with Crippen molar-refractivity contribution in [3.05, 3.63) is 10.8 Å². The van der Waals surface area contributed by atoms with Crippen LogP contribution in [0.5, 0.6) is 11.5 Å². The highest BCUT2D eigenvalue weighted by molar-refractivity contribution is 7.08. The number of nitrogens with one attached hydrogen (secondary N) is 1. The van der Waals surface area contributed by atoms with Crippen molar-refractivity contribution in [3.8, 4) is 11.5 Å². The molecule has 2 rings (SSSR count). The average Bonchev–Trinajstić information content (AvgIpc) is 3.04. The zero-order chi connectivity index (χ0) is 19.7. The summed E-state index contributed by atoms with van der Waals surface area (Å²) in [5, 5.41) is 6.44. The van der Waals surface area contributed by atoms with E-state index in [4.69, 9.17) is 23.7 Å². The molecule has 0 spiro atoms. The first-order valence-corrected chi connectivity index (χ1v) is 9.77. The molecular weight excluding hydrogens is 374 g/mol. The van der Waals surface area contributed by atoms with Crippen molar-refractivity contribution in [2.45, 2.75) is 38.9 Å². The Balaban J connectivity index is 1.44. The summed E-state index contributed by atoms with van der Waals surface area (Å²) in [4.78, 5) is 23.2. The Morgan fingerprint density at radius 2 is 2.00 bits per heavy atom. The van der Waals surface area contributed by atoms with Gasteiger partial charge in [0.15, 0.2) is 17.6 Å². The van der Waals surface area contributed by atoms with Gasteiger partial charge >= 0.3 is 5.97 Å². The summed E-state index contributed by atoms with van der Waals surface area (Å²) < 4.78 is 27.1. The smallest absolute Gasteiger partial charge is 0.308 e. The highest BCUT2D eigenvalue weighted by Gasteiger charge is 2.22. The van der Waals surface area contributed by atoms with Gasteiger partial charge in [-0.3, -0.25) is 9.59 Å². The molecule has 2 heterocycles. The average molecular weight is 401 g/mol. The third-order valence-electron chi connectivity index (χ3n) is 3.29. The molecule has 1 aromatic rings. The van der Waals surface area contributed by atoms with Gasteiger partial charge in [0, 0.05) is 17.3 Å². The third kappa shape index (κ3) is 8.59. The van der Waals surface area contributed by atoms with Gasteiger partial charge in [-0.25, -0.2) is 0 Å². The Hall–Kier alpha value is -1.84. The lowest BCUT2D eigenvalue weighted by molar-refractivity contribution is -0.156. The molecule has 0 fully saturated rings. The lowest BCUT2D eigenvalue weighted by atomic mass is 10.2. The van der Waals surface area contributed by atoms with Gasteiger partial charge in [-0.2, -0.15) is 0 Å². The minimum absolute atomic E-state index is 0.0612. The number of esters is 1. The summed E-state index contributed by atoms with van der Waals surface area (Å²) in [6, 6.07) is 0. The van der Waals surface area contributed by atoms with Crippen LogP contribution in [0.25, 0.3) is 0 Å². The number of amides is 1. The fourth-order valence-electron chi connectivity index (χ4n) is 2.19. The maximum atomic E-state index is 11.7. The van der Waals surface area contributed by atoms with Gasteiger partial charge in [0.1, 0.15) is 18.8 Å². The van der Waals surface area contributed by atoms with Crippen LogP contribution in [-0.2, 0) is 23.8 Å². The fraction of sp³-hybridized carbons (Fsp3) is 0.667. The van der Waals surface area contributed by atoms with Gasteiger partial charge in [0.2, 0.25) is 5.91 Å². The van der Waals surface area contributed by atoms with Crippen LogP contribution in [0.4, 0.5) is 0 Å². The van der Waals surface area contributed by atoms with Crippen molar-refractivity contribution in [1.29, 1.82) is 0 Å². The first kappa shape index (κ1) is 21.5. The van der Waals surface area contributed by atoms with E-state index in [0.29, 0.717) is 25.5 Å². The molecule has 1 aliphatic rings. The summed E-state index contributed by atoms with van der Waals surface area (Å²) in [5.41, 5.74) is -0.494. The fourth-order valence-corrected chi connectivity index (χ4v) is 2.86. The van der Waals surface area contributed by atoms with E-state index in [1.54, 1.807) is 0 Å². The molecule has 9 heteroatoms. The number of carbonyl (C=O) groups excluding carboxylic acids is 2. The van der Waals surface area contributed by atoms with Gasteiger partial charge in [0.25, 0.3) is 0 Å². The molecule has 1 aliphatic heterocycles. The van der Waals surface area contributed by atoms with Crippen LogP contribution in [-0.4, -0.2) is 63.2 Å². The molecule has 0 saturated carbocycles. The van der Waals surface area contributed by atoms with Crippen LogP contribution < -0.4 is 14.8 Å². The van der Waals surface area contributed by atoms with Gasteiger partial charge in [-0.1, -0.05) is 0 Å². The molecule has 1 unspecified atom stereocenters. The first-order valence-electron chi connectivity index (χ1n) is 8.83. The van der Waals surface area contributed by atoms with E-state index >= 15 is 0 Å². The largest absolute Gasteiger partial charge is 0.485 e. The molecule has 0 bridgehead atoms. The van der Waals surface area contributed by atoms with E-state index < -0.39 is 5.60 Å². The van der Waals surface area contributed by atoms with E-state index in [2.05, 4.69) is 5.32 Å². The number of thiophene rings is 1. The number of hydrogen-bond donors (Lipinski definition) is 1. The van der Waals surface area contributed by atoms with Crippen LogP contribution in [0.3, 0.4) is 0 Å². The highest BCUT2D eigenvalue weighted by Crippen LogP contribution is 2.35. The van der Waals surface area contributed by atoms with E-state index in [1.165, 1.54) is 11.3 Å². The van der Waals surface area contributed by atoms with Crippen molar-refractivity contribution in [2.24, 2.45) is 0 Å². The summed E-state index contributed by atoms with van der Waals surface area (Å²) in [5.74, 6) is 0.926. The summed E-state index contributed by atoms with van der Waals surface area (Å²) in [6.45, 7) is 6.97. The molecule has 1 N–H and O–H groups in total. The Labute approximate surface area is 163 Å². The van der Waals surface area contributed by atoms with Gasteiger partial charge < -0.3 is 29.0 Å². The third-order valence-corrected chi connectivity index (χ3v) is 3.99. The minimum atomic E-state index is -0.494. The zero-order valence-corrected chi connectivity index (χ0v) is 16.8. The van der Waals surface area contributed by atoms with Crippen molar-refractivity contribution < 1.29 is 33.3 Å². The van der Waals surface area contributed by atoms with E-state index in [0.717, 1.165) is 5.75 Å². The minimum Gasteiger partial charge on any atom is -0.485 e. The summed E-state index contributed by atoms with van der Waals surface area (Å²) in [6.07, 6.45) is -0.0417. The first-order chi connectivity index (χ1) is 12.8. The van der Waals surface area contributed by atoms with Crippen LogP contribution in [0, 0.1) is 0 Å². The van der Waals surface area contributed by atoms with E-state index in [-0.39, 0.29) is 44.2 Å². The summed E-state index contributed by atoms with van der Waals surface area (Å²) in [7, 11) is 0. The van der Waals surface area contributed by atoms with Crippen molar-refractivity contribution in [1.82, 2.24) is 5.32 Å². The number of fused-ring (bicyclic) bond motifs is 1. The lowest BCUT2D eigenvalue weighted by Gasteiger charge is -2.24. The maximum absolute atomic E-state index is 11.7. The second kappa shape index (κ2) is 10.5. The van der Waals surface area contributed by atoms with Crippen molar-refractivity contribution >= 4 is 23.2 Å². The maximum Gasteiger partial charge on any atom is 0.308 e. The predicted molar refractivity (Wildman–Crippen MR) is 99.3 cm³/mol. The molecule has 1 amide bonds. The topological polar surface area (TPSA) is 92.3 Å². The van der Waals surface area contributed by atoms with E-state index in [9.17, 15) is 9.59 Å². The van der Waals surface area contributed by atoms with Gasteiger partial charge in [0.05, 0.1) is 26.2 Å². The van der Waals surface area contributed by atoms with Gasteiger partial charge in [-0.05, 0) is 20.8 Å². The normalized spacial score (nSPS) is 16.0. The Kier molecular flexibility index (Phi) is 8.33. The van der Waals surface area contributed by atoms with Crippen LogP contribution in [0.1, 0.15) is 27.2 Å². The Morgan fingerprint density at radius 1 is 1.22 bits per heavy atom. The molecule has 0 aliphatic carbocycles. The monoisotopic (exact) mass is 401 g/mol. The van der Waals surface area contributed by atoms with Crippen molar-refractivity contribution in [2.75, 3.05) is 39.6 Å². The van der Waals surface area contributed by atoms with E-state index in [1.807, 2.05) is 31.5 Å². The predicted octanol–water partition coefficient (Wildman–Crippen LogP) is 1.77. The van der Waals surface area contributed by atoms with Crippen LogP contribution in [0.15, 0.2) is 10.8 Å². The molecule has 1 atom stereocenters. The molecular formula is C18H27NO7S. The Morgan fingerprint density at radius 3 is 2.78 bits per heavy atom. The quantitative estimate of drug-likeness (QED) is 0.472. The molecule has 1 aromatic heterocycles. The summed E-state index contributed by atoms with van der Waals surface area (Å²) >= 11 is 1.51. The van der Waals surface area contributed by atoms with Crippen LogP contribution in [0.2, 0.25) is 0 Å². The number of carbonyl (C=O) groups is 2. The molecule has 0 radical (unpaired) electrons. The highest BCUT2D eigenvalue weighted by atomic mass is 32.1. The Bertz CT molecular complexity index is 611. The molecule has 8 nitrogen and oxygen atoms in total. The second-order valence-corrected chi connectivity index (χ2v) is 7.71. The second-order valence-electron chi connectivity index (χ2n) is 6.97. The van der Waals surface area contributed by atoms with Gasteiger partial charge in [-0.15, -0.1) is 11.3 Å². The zero-order valence-electron chi connectivity index (χ0n) is 15.9.